The third kappa shape index (κ3) is 16.3. The molecule has 0 N–H and O–H groups in total. The summed E-state index contributed by atoms with van der Waals surface area (Å²) in [7, 11) is 20.3. The van der Waals surface area contributed by atoms with Crippen LogP contribution in [0.25, 0.3) is 75.8 Å². The van der Waals surface area contributed by atoms with Gasteiger partial charge in [-0.2, -0.15) is 0 Å². The Labute approximate surface area is 726 Å². The number of ether oxygens (including phenoxy) is 15. The fraction of sp³-hybridized carbons (Fsp3) is 0.184. The Morgan fingerprint density at radius 1 is 0.292 bits per heavy atom. The maximum Gasteiger partial charge on any atom is 0.144 e. The van der Waals surface area contributed by atoms with E-state index >= 15 is 0 Å². The van der Waals surface area contributed by atoms with Crippen molar-refractivity contribution in [1.29, 1.82) is 0 Å². The van der Waals surface area contributed by atoms with E-state index in [2.05, 4.69) is 256 Å². The molecule has 4 aliphatic rings. The van der Waals surface area contributed by atoms with Crippen LogP contribution in [0, 0.1) is 7.14 Å². The smallest absolute Gasteiger partial charge is 0.144 e. The summed E-state index contributed by atoms with van der Waals surface area (Å²) in [6.07, 6.45) is 0.426. The first-order chi connectivity index (χ1) is 58.3. The predicted molar refractivity (Wildman–Crippen MR) is 497 cm³/mol. The van der Waals surface area contributed by atoms with Gasteiger partial charge in [-0.15, -0.1) is 0 Å². The van der Waals surface area contributed by atoms with Crippen LogP contribution < -0.4 is 56.8 Å². The Hall–Kier alpha value is -12.0. The van der Waals surface area contributed by atoms with E-state index in [0.29, 0.717) is 6.10 Å². The Balaban J connectivity index is 0.000000133. The first-order valence-corrected chi connectivity index (χ1v) is 41.0. The molecule has 1 fully saturated rings. The molecule has 4 aliphatic heterocycles. The van der Waals surface area contributed by atoms with Crippen LogP contribution >= 0.6 is 45.2 Å². The first kappa shape index (κ1) is 83.1. The molecule has 0 bridgehead atoms. The van der Waals surface area contributed by atoms with Crippen molar-refractivity contribution in [2.24, 2.45) is 0 Å². The van der Waals surface area contributed by atoms with Crippen LogP contribution in [-0.4, -0.2) is 105 Å². The van der Waals surface area contributed by atoms with Gasteiger partial charge in [0.25, 0.3) is 0 Å². The predicted octanol–water partition coefficient (Wildman–Crippen LogP) is 25.7. The summed E-state index contributed by atoms with van der Waals surface area (Å²) >= 11 is 4.76. The number of hydrogen-bond acceptors (Lipinski definition) is 15. The molecule has 16 aromatic carbocycles. The maximum atomic E-state index is 6.70. The van der Waals surface area contributed by atoms with Crippen LogP contribution in [0.5, 0.6) is 86.2 Å². The molecule has 4 unspecified atom stereocenters. The topological polar surface area (TPSA) is 142 Å². The molecule has 0 aliphatic carbocycles. The highest BCUT2D eigenvalue weighted by Crippen LogP contribution is 2.59. The molecule has 608 valence electrons. The second-order valence-corrected chi connectivity index (χ2v) is 31.3. The minimum Gasteiger partial charge on any atom is -0.497 e. The van der Waals surface area contributed by atoms with E-state index < -0.39 is 0 Å². The van der Waals surface area contributed by atoms with Crippen molar-refractivity contribution in [3.63, 3.8) is 0 Å². The van der Waals surface area contributed by atoms with E-state index in [4.69, 9.17) is 66.3 Å². The largest absolute Gasteiger partial charge is 0.497 e. The SMILES string of the molecule is C.COC.COCC1CO1.COc1ccc2ccc(OC)c(C3c4cc(I)cc(I)c4Oc4ccc5ccc(OC)cc5c43)c2c1.COc1ccc2ccc(OC)c(C3c4ccc(-c5ccccc5)cc4Oc4ccc5ccc(OC)cc5c43)c2c1.COc1ccc2ccc(OC)c(C3c4ccccc4Oc4ccc5ccc(OC)cc5c43)c2c1. The summed E-state index contributed by atoms with van der Waals surface area (Å²) < 4.78 is 87.6. The van der Waals surface area contributed by atoms with Crippen molar-refractivity contribution >= 4 is 110 Å². The zero-order valence-electron chi connectivity index (χ0n) is 68.0. The molecular weight excluding hydrogens is 1730 g/mol. The van der Waals surface area contributed by atoms with Crippen LogP contribution in [0.4, 0.5) is 0 Å². The van der Waals surface area contributed by atoms with Crippen LogP contribution in [0.2, 0.25) is 0 Å². The fourth-order valence-corrected chi connectivity index (χ4v) is 18.6. The number of rotatable bonds is 15. The van der Waals surface area contributed by atoms with Gasteiger partial charge in [-0.25, -0.2) is 0 Å². The second-order valence-electron chi connectivity index (χ2n) is 28.9. The van der Waals surface area contributed by atoms with Gasteiger partial charge in [0, 0.05) is 92.7 Å². The Morgan fingerprint density at radius 2 is 0.625 bits per heavy atom. The molecule has 1 saturated heterocycles. The zero-order chi connectivity index (χ0) is 82.5. The minimum atomic E-state index is -0.162. The summed E-state index contributed by atoms with van der Waals surface area (Å²) in [6, 6.07) is 91.7. The third-order valence-electron chi connectivity index (χ3n) is 22.2. The lowest BCUT2D eigenvalue weighted by atomic mass is 9.78. The zero-order valence-corrected chi connectivity index (χ0v) is 72.3. The highest BCUT2D eigenvalue weighted by molar-refractivity contribution is 14.1. The van der Waals surface area contributed by atoms with Crippen molar-refractivity contribution in [2.45, 2.75) is 31.3 Å². The number of fused-ring (bicyclic) bond motifs is 15. The summed E-state index contributed by atoms with van der Waals surface area (Å²) in [5, 5.41) is 13.3. The van der Waals surface area contributed by atoms with Gasteiger partial charge in [0.15, 0.2) is 0 Å². The fourth-order valence-electron chi connectivity index (χ4n) is 16.6. The lowest BCUT2D eigenvalue weighted by molar-refractivity contribution is 0.171. The van der Waals surface area contributed by atoms with Gasteiger partial charge in [-0.1, -0.05) is 141 Å². The second kappa shape index (κ2) is 36.7. The van der Waals surface area contributed by atoms with Gasteiger partial charge in [0.05, 0.1) is 80.8 Å². The quantitative estimate of drug-likeness (QED) is 0.0709. The standard InChI is InChI=1S/C36H28O4.C30H22I2O4.C30H24O4.C4H8O2.C2H6O.CH4/c1-37-26-14-9-23-12-17-31(39-3)34(29(23)20-26)36-28-16-11-25(22-7-5-4-6-8-22)19-33(28)40-32-18-13-24-10-15-27(38-2)21-30(24)35(32)36;1-33-19-8-4-16-6-10-25(35-3)27(21(16)14-19)29-23-12-18(31)13-24(32)30(23)36-26-11-7-17-5-9-20(34-2)15-22(17)28(26)29;1-31-20-12-8-18-10-14-26(33-3)28(23(18)16-20)30-22-6-4-5-7-25(22)34-27-15-11-19-9-13-21(32-2)17-24(19)29(27)30;1-5-2-4-3-6-4;1-3-2;/h4-21,36H,1-3H3;4-15,29H,1-3H3;4-17,30H,1-3H3;4H,2-3H2,1H3;1-2H3;1H4. The molecule has 17 heteroatoms. The van der Waals surface area contributed by atoms with Crippen LogP contribution in [-0.2, 0) is 14.2 Å². The average Bonchev–Trinajstić information content (AvgIpc) is 1.52. The number of benzene rings is 16. The van der Waals surface area contributed by atoms with Crippen molar-refractivity contribution in [1.82, 2.24) is 0 Å². The van der Waals surface area contributed by atoms with Crippen LogP contribution in [0.3, 0.4) is 0 Å². The minimum absolute atomic E-state index is 0. The summed E-state index contributed by atoms with van der Waals surface area (Å²) in [6.45, 7) is 1.66. The lowest BCUT2D eigenvalue weighted by Gasteiger charge is -2.32. The summed E-state index contributed by atoms with van der Waals surface area (Å²) in [4.78, 5) is 0. The van der Waals surface area contributed by atoms with E-state index in [1.54, 1.807) is 85.3 Å². The summed E-state index contributed by atoms with van der Waals surface area (Å²) in [5.74, 6) is 12.0. The number of methoxy groups -OCH3 is 11. The molecular formula is C103H92I2O15. The Kier molecular flexibility index (Phi) is 25.4. The van der Waals surface area contributed by atoms with Crippen molar-refractivity contribution in [3.05, 3.63) is 324 Å². The van der Waals surface area contributed by atoms with E-state index in [-0.39, 0.29) is 25.2 Å². The highest BCUT2D eigenvalue weighted by Gasteiger charge is 2.39. The van der Waals surface area contributed by atoms with Gasteiger partial charge in [-0.05, 0) is 254 Å². The van der Waals surface area contributed by atoms with Crippen molar-refractivity contribution in [3.8, 4) is 97.4 Å². The molecule has 15 nitrogen and oxygen atoms in total. The Bertz CT molecular complexity index is 6470. The molecule has 20 rings (SSSR count). The van der Waals surface area contributed by atoms with Gasteiger partial charge >= 0.3 is 0 Å². The van der Waals surface area contributed by atoms with E-state index in [1.165, 1.54) is 0 Å². The number of epoxide rings is 1. The maximum absolute atomic E-state index is 6.70. The van der Waals surface area contributed by atoms with Crippen molar-refractivity contribution in [2.75, 3.05) is 98.5 Å². The average molecular weight is 1820 g/mol. The Morgan fingerprint density at radius 3 is 0.992 bits per heavy atom. The van der Waals surface area contributed by atoms with E-state index in [0.717, 1.165) is 232 Å². The number of halogens is 2. The normalized spacial score (nSPS) is 14.6. The molecule has 4 heterocycles. The van der Waals surface area contributed by atoms with Gasteiger partial charge in [0.2, 0.25) is 0 Å². The number of hydrogen-bond donors (Lipinski definition) is 0. The summed E-state index contributed by atoms with van der Waals surface area (Å²) in [5.41, 5.74) is 12.1. The molecule has 120 heavy (non-hydrogen) atoms. The molecule has 0 amide bonds. The van der Waals surface area contributed by atoms with Gasteiger partial charge < -0.3 is 71.1 Å². The third-order valence-corrected chi connectivity index (χ3v) is 23.6. The molecule has 4 atom stereocenters. The van der Waals surface area contributed by atoms with Crippen LogP contribution in [0.1, 0.15) is 75.3 Å². The van der Waals surface area contributed by atoms with Gasteiger partial charge in [0.1, 0.15) is 92.3 Å². The van der Waals surface area contributed by atoms with E-state index in [9.17, 15) is 0 Å². The molecule has 16 aromatic rings. The molecule has 0 spiro atoms. The molecule has 0 saturated carbocycles. The molecule has 0 aromatic heterocycles. The lowest BCUT2D eigenvalue weighted by Crippen LogP contribution is -2.15. The van der Waals surface area contributed by atoms with Gasteiger partial charge in [-0.3, -0.25) is 0 Å². The number of para-hydroxylation sites is 1. The van der Waals surface area contributed by atoms with Crippen molar-refractivity contribution < 1.29 is 71.1 Å². The highest BCUT2D eigenvalue weighted by atomic mass is 127. The monoisotopic (exact) mass is 1820 g/mol. The van der Waals surface area contributed by atoms with E-state index in [1.807, 2.05) is 60.7 Å². The molecule has 0 radical (unpaired) electrons. The first-order valence-electron chi connectivity index (χ1n) is 38.8. The van der Waals surface area contributed by atoms with Crippen LogP contribution in [0.15, 0.2) is 267 Å².